The molecule has 7 nitrogen and oxygen atoms in total. The molecule has 2 aromatic rings. The smallest absolute Gasteiger partial charge is 0.251 e. The number of aliphatic imine (C=N–C) groups is 1. The van der Waals surface area contributed by atoms with E-state index in [9.17, 15) is 9.59 Å². The Kier molecular flexibility index (Phi) is 8.21. The van der Waals surface area contributed by atoms with Gasteiger partial charge in [0.25, 0.3) is 5.91 Å². The Morgan fingerprint density at radius 3 is 2.24 bits per heavy atom. The van der Waals surface area contributed by atoms with Gasteiger partial charge in [0, 0.05) is 25.7 Å². The van der Waals surface area contributed by atoms with Crippen LogP contribution in [0.3, 0.4) is 0 Å². The average Bonchev–Trinajstić information content (AvgIpc) is 2.72. The van der Waals surface area contributed by atoms with Gasteiger partial charge in [-0.15, -0.1) is 0 Å². The normalized spacial score (nSPS) is 12.2. The molecule has 0 bridgehead atoms. The molecule has 0 aliphatic carbocycles. The van der Waals surface area contributed by atoms with Crippen molar-refractivity contribution in [3.8, 4) is 0 Å². The van der Waals surface area contributed by atoms with E-state index in [1.807, 2.05) is 12.1 Å². The second-order valence-electron chi connectivity index (χ2n) is 6.96. The predicted molar refractivity (Wildman–Crippen MR) is 116 cm³/mol. The molecule has 0 fully saturated rings. The van der Waals surface area contributed by atoms with Gasteiger partial charge in [0.15, 0.2) is 5.96 Å². The summed E-state index contributed by atoms with van der Waals surface area (Å²) >= 11 is 0. The van der Waals surface area contributed by atoms with Gasteiger partial charge in [-0.25, -0.2) is 0 Å². The van der Waals surface area contributed by atoms with Gasteiger partial charge in [0.2, 0.25) is 5.91 Å². The third-order valence-electron chi connectivity index (χ3n) is 4.54. The first-order valence-corrected chi connectivity index (χ1v) is 9.55. The Bertz CT molecular complexity index is 845. The molecular formula is C22H29N5O2. The minimum absolute atomic E-state index is 0.175. The Morgan fingerprint density at radius 2 is 1.66 bits per heavy atom. The van der Waals surface area contributed by atoms with E-state index in [2.05, 4.69) is 59.1 Å². The van der Waals surface area contributed by atoms with E-state index in [-0.39, 0.29) is 12.5 Å². The first-order chi connectivity index (χ1) is 13.9. The zero-order valence-corrected chi connectivity index (χ0v) is 17.2. The van der Waals surface area contributed by atoms with Crippen molar-refractivity contribution >= 4 is 17.8 Å². The molecule has 0 aliphatic rings. The van der Waals surface area contributed by atoms with Crippen molar-refractivity contribution < 1.29 is 9.59 Å². The summed E-state index contributed by atoms with van der Waals surface area (Å²) in [6, 6.07) is 15.7. The Morgan fingerprint density at radius 1 is 1.00 bits per heavy atom. The van der Waals surface area contributed by atoms with Crippen LogP contribution in [0.15, 0.2) is 53.5 Å². The summed E-state index contributed by atoms with van der Waals surface area (Å²) in [6.45, 7) is 5.42. The monoisotopic (exact) mass is 395 g/mol. The number of nitrogens with zero attached hydrogens (tertiary/aromatic N) is 1. The maximum Gasteiger partial charge on any atom is 0.251 e. The number of hydrogen-bond donors (Lipinski definition) is 4. The molecule has 1 unspecified atom stereocenters. The molecule has 0 spiro atoms. The third-order valence-corrected chi connectivity index (χ3v) is 4.54. The number of rotatable bonds is 8. The zero-order valence-electron chi connectivity index (χ0n) is 17.2. The van der Waals surface area contributed by atoms with Crippen LogP contribution in [-0.2, 0) is 11.3 Å². The highest BCUT2D eigenvalue weighted by molar-refractivity contribution is 5.96. The Labute approximate surface area is 171 Å². The third kappa shape index (κ3) is 7.29. The first-order valence-electron chi connectivity index (χ1n) is 9.55. The van der Waals surface area contributed by atoms with Crippen LogP contribution in [0.5, 0.6) is 0 Å². The molecule has 154 valence electrons. The number of carbonyl (C=O) groups is 2. The summed E-state index contributed by atoms with van der Waals surface area (Å²) in [5.74, 6) is 0.167. The standard InChI is InChI=1S/C22H29N5O2/c1-15-4-8-18(9-5-15)16(2)12-26-22(24-3)27-13-17-6-10-19(11-7-17)21(29)25-14-20(23)28/h4-11,16H,12-14H2,1-3H3,(H2,23,28)(H,25,29)(H2,24,26,27). The highest BCUT2D eigenvalue weighted by Crippen LogP contribution is 2.14. The number of carbonyl (C=O) groups excluding carboxylic acids is 2. The van der Waals surface area contributed by atoms with Crippen LogP contribution in [0.25, 0.3) is 0 Å². The number of aryl methyl sites for hydroxylation is 1. The SMILES string of the molecule is CN=C(NCc1ccc(C(=O)NCC(N)=O)cc1)NCC(C)c1ccc(C)cc1. The first kappa shape index (κ1) is 21.9. The maximum atomic E-state index is 11.9. The number of primary amides is 1. The molecule has 0 heterocycles. The average molecular weight is 396 g/mol. The van der Waals surface area contributed by atoms with Crippen molar-refractivity contribution in [3.63, 3.8) is 0 Å². The maximum absolute atomic E-state index is 11.9. The number of benzene rings is 2. The highest BCUT2D eigenvalue weighted by Gasteiger charge is 2.08. The zero-order chi connectivity index (χ0) is 21.2. The van der Waals surface area contributed by atoms with Gasteiger partial charge >= 0.3 is 0 Å². The Hall–Kier alpha value is -3.35. The fourth-order valence-corrected chi connectivity index (χ4v) is 2.71. The molecule has 2 amide bonds. The van der Waals surface area contributed by atoms with Crippen molar-refractivity contribution in [2.24, 2.45) is 10.7 Å². The van der Waals surface area contributed by atoms with E-state index in [4.69, 9.17) is 5.73 Å². The van der Waals surface area contributed by atoms with E-state index < -0.39 is 5.91 Å². The number of amides is 2. The molecule has 0 radical (unpaired) electrons. The van der Waals surface area contributed by atoms with Crippen molar-refractivity contribution in [1.29, 1.82) is 0 Å². The second-order valence-corrected chi connectivity index (χ2v) is 6.96. The highest BCUT2D eigenvalue weighted by atomic mass is 16.2. The summed E-state index contributed by atoms with van der Waals surface area (Å²) in [6.07, 6.45) is 0. The van der Waals surface area contributed by atoms with Gasteiger partial charge in [0.1, 0.15) is 0 Å². The van der Waals surface area contributed by atoms with Crippen LogP contribution in [0.1, 0.15) is 39.9 Å². The van der Waals surface area contributed by atoms with Crippen LogP contribution >= 0.6 is 0 Å². The van der Waals surface area contributed by atoms with Gasteiger partial charge in [-0.2, -0.15) is 0 Å². The predicted octanol–water partition coefficient (Wildman–Crippen LogP) is 1.68. The molecule has 7 heteroatoms. The molecule has 2 rings (SSSR count). The molecule has 0 aromatic heterocycles. The van der Waals surface area contributed by atoms with E-state index in [0.29, 0.717) is 24.0 Å². The van der Waals surface area contributed by atoms with Gasteiger partial charge in [0.05, 0.1) is 6.54 Å². The molecule has 0 saturated carbocycles. The topological polar surface area (TPSA) is 109 Å². The molecule has 0 aliphatic heterocycles. The molecule has 2 aromatic carbocycles. The van der Waals surface area contributed by atoms with E-state index in [1.165, 1.54) is 11.1 Å². The van der Waals surface area contributed by atoms with Crippen LogP contribution in [0, 0.1) is 6.92 Å². The summed E-state index contributed by atoms with van der Waals surface area (Å²) in [4.78, 5) is 26.9. The Balaban J connectivity index is 1.82. The molecule has 29 heavy (non-hydrogen) atoms. The fraction of sp³-hybridized carbons (Fsp3) is 0.318. The van der Waals surface area contributed by atoms with E-state index in [1.54, 1.807) is 19.2 Å². The number of nitrogens with one attached hydrogen (secondary N) is 3. The fourth-order valence-electron chi connectivity index (χ4n) is 2.71. The van der Waals surface area contributed by atoms with Gasteiger partial charge < -0.3 is 21.7 Å². The van der Waals surface area contributed by atoms with Gasteiger partial charge in [-0.1, -0.05) is 48.9 Å². The lowest BCUT2D eigenvalue weighted by Crippen LogP contribution is -2.38. The van der Waals surface area contributed by atoms with Gasteiger partial charge in [-0.3, -0.25) is 14.6 Å². The second kappa shape index (κ2) is 10.8. The van der Waals surface area contributed by atoms with Crippen LogP contribution in [0.2, 0.25) is 0 Å². The van der Waals surface area contributed by atoms with Crippen molar-refractivity contribution in [2.45, 2.75) is 26.3 Å². The lowest BCUT2D eigenvalue weighted by Gasteiger charge is -2.16. The van der Waals surface area contributed by atoms with E-state index >= 15 is 0 Å². The van der Waals surface area contributed by atoms with E-state index in [0.717, 1.165) is 12.1 Å². The lowest BCUT2D eigenvalue weighted by molar-refractivity contribution is -0.117. The number of nitrogens with two attached hydrogens (primary N) is 1. The van der Waals surface area contributed by atoms with Crippen molar-refractivity contribution in [3.05, 3.63) is 70.8 Å². The minimum Gasteiger partial charge on any atom is -0.368 e. The van der Waals surface area contributed by atoms with Gasteiger partial charge in [-0.05, 0) is 36.1 Å². The summed E-state index contributed by atoms with van der Waals surface area (Å²) in [5, 5.41) is 9.07. The molecule has 5 N–H and O–H groups in total. The molecular weight excluding hydrogens is 366 g/mol. The molecule has 0 saturated heterocycles. The number of hydrogen-bond acceptors (Lipinski definition) is 3. The minimum atomic E-state index is -0.574. The summed E-state index contributed by atoms with van der Waals surface area (Å²) < 4.78 is 0. The van der Waals surface area contributed by atoms with Crippen LogP contribution in [-0.4, -0.2) is 37.9 Å². The summed E-state index contributed by atoms with van der Waals surface area (Å²) in [5.41, 5.74) is 9.04. The summed E-state index contributed by atoms with van der Waals surface area (Å²) in [7, 11) is 1.73. The molecule has 1 atom stereocenters. The van der Waals surface area contributed by atoms with Crippen LogP contribution in [0.4, 0.5) is 0 Å². The largest absolute Gasteiger partial charge is 0.368 e. The quantitative estimate of drug-likeness (QED) is 0.403. The van der Waals surface area contributed by atoms with Crippen molar-refractivity contribution in [1.82, 2.24) is 16.0 Å². The van der Waals surface area contributed by atoms with Crippen LogP contribution < -0.4 is 21.7 Å². The van der Waals surface area contributed by atoms with Crippen molar-refractivity contribution in [2.75, 3.05) is 20.1 Å². The number of guanidine groups is 1. The lowest BCUT2D eigenvalue weighted by atomic mass is 10.0.